The number of carbonyl (C=O) groups excluding carboxylic acids is 4. The number of methoxy groups -OCH3 is 1. The molecule has 15 heteroatoms. The van der Waals surface area contributed by atoms with Gasteiger partial charge in [-0.05, 0) is 59.9 Å². The number of carbonyl (C=O) groups is 4. The van der Waals surface area contributed by atoms with Gasteiger partial charge in [0.05, 0.1) is 31.0 Å². The summed E-state index contributed by atoms with van der Waals surface area (Å²) in [6.45, 7) is 11.4. The number of nitrogens with one attached hydrogen (secondary N) is 3. The van der Waals surface area contributed by atoms with Crippen molar-refractivity contribution in [3.05, 3.63) is 60.6 Å². The number of hydrogen-bond donors (Lipinski definition) is 3. The van der Waals surface area contributed by atoms with Crippen molar-refractivity contribution in [1.82, 2.24) is 25.1 Å². The predicted octanol–water partition coefficient (Wildman–Crippen LogP) is 6.32. The Labute approximate surface area is 335 Å². The zero-order valence-corrected chi connectivity index (χ0v) is 34.8. The van der Waals surface area contributed by atoms with Gasteiger partial charge in [0.25, 0.3) is 0 Å². The smallest absolute Gasteiger partial charge is 0.407 e. The van der Waals surface area contributed by atoms with Crippen molar-refractivity contribution in [3.63, 3.8) is 0 Å². The lowest BCUT2D eigenvalue weighted by atomic mass is 9.96. The minimum atomic E-state index is -0.712. The van der Waals surface area contributed by atoms with Crippen molar-refractivity contribution >= 4 is 83.5 Å². The Bertz CT molecular complexity index is 1620. The first kappa shape index (κ1) is 46.8. The third-order valence-electron chi connectivity index (χ3n) is 9.78. The normalized spacial score (nSPS) is 17.5. The highest BCUT2D eigenvalue weighted by molar-refractivity contribution is 7.59. The van der Waals surface area contributed by atoms with Crippen molar-refractivity contribution < 1.29 is 23.9 Å². The van der Waals surface area contributed by atoms with Gasteiger partial charge in [-0.15, -0.1) is 0 Å². The van der Waals surface area contributed by atoms with Crippen molar-refractivity contribution in [1.29, 1.82) is 0 Å². The van der Waals surface area contributed by atoms with Crippen LogP contribution in [0.3, 0.4) is 0 Å². The van der Waals surface area contributed by atoms with E-state index in [1.807, 2.05) is 56.1 Å². The Morgan fingerprint density at radius 2 is 1.40 bits per heavy atom. The van der Waals surface area contributed by atoms with Gasteiger partial charge in [0.1, 0.15) is 11.9 Å². The molecule has 11 nitrogen and oxygen atoms in total. The molecule has 288 valence electrons. The molecule has 0 spiro atoms. The van der Waals surface area contributed by atoms with Gasteiger partial charge >= 0.3 is 6.09 Å². The fourth-order valence-corrected chi connectivity index (χ4v) is 6.42. The summed E-state index contributed by atoms with van der Waals surface area (Å²) in [5.41, 5.74) is 4.66. The lowest BCUT2D eigenvalue weighted by Gasteiger charge is -2.27. The standard InChI is InChI=1S/C37H48N6O5.4H2S/c1-22(2)24(5)35(45)43-18-7-8-31(43)33-38-20-30(40-33)27-11-9-25(10-12-27)26-13-15-29(16-14-26)39-34(44)28-17-19-42(21-28)36(46)32(23(3)4)41-37(47)48-6;;;;/h9-16,20,22-24,28,31-32H,7-8,17-19,21H2,1-6H3,(H,38,40)(H,39,44)(H,41,47);4*1H2/t24-,28?,31-,32-;;;;/m0..../s1. The van der Waals surface area contributed by atoms with Crippen LogP contribution < -0.4 is 10.6 Å². The number of anilines is 1. The maximum atomic E-state index is 13.1. The minimum absolute atomic E-state index is 0. The second-order valence-corrected chi connectivity index (χ2v) is 13.7. The Balaban J connectivity index is 0.00000338. The predicted molar refractivity (Wildman–Crippen MR) is 226 cm³/mol. The van der Waals surface area contributed by atoms with Crippen LogP contribution in [-0.4, -0.2) is 76.4 Å². The van der Waals surface area contributed by atoms with Gasteiger partial charge in [-0.2, -0.15) is 54.0 Å². The molecule has 52 heavy (non-hydrogen) atoms. The molecule has 2 fully saturated rings. The summed E-state index contributed by atoms with van der Waals surface area (Å²) < 4.78 is 4.67. The Kier molecular flexibility index (Phi) is 18.7. The van der Waals surface area contributed by atoms with Crippen molar-refractivity contribution in [2.75, 3.05) is 32.1 Å². The van der Waals surface area contributed by atoms with E-state index in [9.17, 15) is 19.2 Å². The highest BCUT2D eigenvalue weighted by Gasteiger charge is 2.37. The molecule has 2 saturated heterocycles. The quantitative estimate of drug-likeness (QED) is 0.220. The van der Waals surface area contributed by atoms with E-state index < -0.39 is 12.1 Å². The summed E-state index contributed by atoms with van der Waals surface area (Å²) >= 11 is 0. The molecule has 1 unspecified atom stereocenters. The summed E-state index contributed by atoms with van der Waals surface area (Å²) in [6, 6.07) is 15.2. The fourth-order valence-electron chi connectivity index (χ4n) is 6.42. The number of H-pyrrole nitrogens is 1. The number of nitrogens with zero attached hydrogens (tertiary/aromatic N) is 3. The number of hydrogen-bond acceptors (Lipinski definition) is 6. The van der Waals surface area contributed by atoms with Gasteiger partial charge in [0.15, 0.2) is 0 Å². The Hall–Kier alpha value is -3.27. The number of imidazole rings is 1. The fraction of sp³-hybridized carbons (Fsp3) is 0.486. The number of ether oxygens (including phenoxy) is 1. The second-order valence-electron chi connectivity index (χ2n) is 13.7. The van der Waals surface area contributed by atoms with Gasteiger partial charge in [-0.25, -0.2) is 9.78 Å². The maximum absolute atomic E-state index is 13.1. The minimum Gasteiger partial charge on any atom is -0.453 e. The average Bonchev–Trinajstić information content (AvgIpc) is 3.88. The van der Waals surface area contributed by atoms with Crippen LogP contribution in [0.1, 0.15) is 65.7 Å². The van der Waals surface area contributed by atoms with Gasteiger partial charge in [-0.3, -0.25) is 14.4 Å². The first-order valence-corrected chi connectivity index (χ1v) is 17.0. The third-order valence-corrected chi connectivity index (χ3v) is 9.78. The number of aromatic amines is 1. The molecule has 0 aliphatic carbocycles. The molecule has 2 aliphatic heterocycles. The van der Waals surface area contributed by atoms with E-state index in [2.05, 4.69) is 63.5 Å². The summed E-state index contributed by atoms with van der Waals surface area (Å²) in [5, 5.41) is 5.60. The molecule has 2 aliphatic rings. The highest BCUT2D eigenvalue weighted by atomic mass is 32.1. The second kappa shape index (κ2) is 20.8. The first-order valence-electron chi connectivity index (χ1n) is 17.0. The summed E-state index contributed by atoms with van der Waals surface area (Å²) in [5.74, 6) is 0.502. The van der Waals surface area contributed by atoms with Gasteiger partial charge in [0.2, 0.25) is 17.7 Å². The van der Waals surface area contributed by atoms with E-state index in [0.29, 0.717) is 31.1 Å². The SMILES string of the molecule is COC(=O)N[C@H](C(=O)N1CCC(C(=O)Nc2ccc(-c3ccc(-c4cnc([C@@H]5CCCN5C(=O)[C@@H](C)C(C)C)[nH]4)cc3)cc2)C1)C(C)C.S.S.S.S. The van der Waals surface area contributed by atoms with Gasteiger partial charge in [0, 0.05) is 31.2 Å². The third kappa shape index (κ3) is 10.9. The van der Waals surface area contributed by atoms with Crippen LogP contribution >= 0.6 is 54.0 Å². The molecule has 5 rings (SSSR count). The molecular formula is C37H56N6O5S4. The molecule has 3 aromatic rings. The summed E-state index contributed by atoms with van der Waals surface area (Å²) in [6.07, 6.45) is 3.63. The lowest BCUT2D eigenvalue weighted by molar-refractivity contribution is -0.137. The monoisotopic (exact) mass is 792 g/mol. The maximum Gasteiger partial charge on any atom is 0.407 e. The van der Waals surface area contributed by atoms with Crippen LogP contribution in [-0.2, 0) is 19.1 Å². The topological polar surface area (TPSA) is 137 Å². The molecule has 0 radical (unpaired) electrons. The van der Waals surface area contributed by atoms with E-state index >= 15 is 0 Å². The van der Waals surface area contributed by atoms with E-state index in [-0.39, 0.29) is 95.5 Å². The average molecular weight is 793 g/mol. The van der Waals surface area contributed by atoms with Crippen LogP contribution in [0.15, 0.2) is 54.7 Å². The van der Waals surface area contributed by atoms with E-state index in [0.717, 1.165) is 47.6 Å². The number of amides is 4. The highest BCUT2D eigenvalue weighted by Crippen LogP contribution is 2.34. The van der Waals surface area contributed by atoms with Crippen LogP contribution in [0, 0.1) is 23.7 Å². The van der Waals surface area contributed by atoms with E-state index in [4.69, 9.17) is 0 Å². The van der Waals surface area contributed by atoms with E-state index in [1.165, 1.54) is 7.11 Å². The number of benzene rings is 2. The first-order chi connectivity index (χ1) is 23.0. The lowest BCUT2D eigenvalue weighted by Crippen LogP contribution is -2.50. The molecule has 0 saturated carbocycles. The van der Waals surface area contributed by atoms with Gasteiger partial charge in [-0.1, -0.05) is 71.0 Å². The molecule has 3 N–H and O–H groups in total. The van der Waals surface area contributed by atoms with E-state index in [1.54, 1.807) is 4.90 Å². The largest absolute Gasteiger partial charge is 0.453 e. The van der Waals surface area contributed by atoms with Crippen molar-refractivity contribution in [2.24, 2.45) is 23.7 Å². The Morgan fingerprint density at radius 1 is 0.808 bits per heavy atom. The molecule has 4 atom stereocenters. The summed E-state index contributed by atoms with van der Waals surface area (Å²) in [4.78, 5) is 62.7. The van der Waals surface area contributed by atoms with Crippen LogP contribution in [0.5, 0.6) is 0 Å². The van der Waals surface area contributed by atoms with Crippen molar-refractivity contribution in [3.8, 4) is 22.4 Å². The number of aromatic nitrogens is 2. The molecule has 2 aromatic carbocycles. The molecule has 0 bridgehead atoms. The van der Waals surface area contributed by atoms with Gasteiger partial charge < -0.3 is 30.2 Å². The number of rotatable bonds is 10. The van der Waals surface area contributed by atoms with Crippen LogP contribution in [0.4, 0.5) is 10.5 Å². The number of likely N-dealkylation sites (tertiary alicyclic amines) is 2. The van der Waals surface area contributed by atoms with Crippen LogP contribution in [0.2, 0.25) is 0 Å². The molecule has 4 amide bonds. The summed E-state index contributed by atoms with van der Waals surface area (Å²) in [7, 11) is 1.26. The number of alkyl carbamates (subject to hydrolysis) is 1. The Morgan fingerprint density at radius 3 is 1.98 bits per heavy atom. The molecular weight excluding hydrogens is 737 g/mol. The molecule has 3 heterocycles. The van der Waals surface area contributed by atoms with Crippen LogP contribution in [0.25, 0.3) is 22.4 Å². The molecule has 1 aromatic heterocycles. The van der Waals surface area contributed by atoms with Crippen molar-refractivity contribution in [2.45, 2.75) is 66.0 Å². The zero-order chi connectivity index (χ0) is 34.5. The zero-order valence-electron chi connectivity index (χ0n) is 30.8.